The number of furan rings is 1. The van der Waals surface area contributed by atoms with Gasteiger partial charge >= 0.3 is 0 Å². The van der Waals surface area contributed by atoms with Crippen molar-refractivity contribution in [3.05, 3.63) is 75.4 Å². The molecule has 0 unspecified atom stereocenters. The van der Waals surface area contributed by atoms with E-state index in [1.807, 2.05) is 36.6 Å². The van der Waals surface area contributed by atoms with Gasteiger partial charge in [-0.25, -0.2) is 0 Å². The van der Waals surface area contributed by atoms with Crippen LogP contribution in [0.2, 0.25) is 0 Å². The molecule has 0 saturated carbocycles. The van der Waals surface area contributed by atoms with Gasteiger partial charge < -0.3 is 14.7 Å². The smallest absolute Gasteiger partial charge is 0.217 e. The number of Topliss-reactive ketones (excluding diaryl/α,β-unsaturated/α-hetero) is 1. The molecule has 0 aromatic carbocycles. The number of primary amides is 1. The van der Waals surface area contributed by atoms with Gasteiger partial charge in [-0.3, -0.25) is 14.2 Å². The standard InChI is InChI=1S/C24H27N5O3S2/c1-16-13-20(17(2)28(16)10-9-19-6-4-12-33-19)21(30)15-34-24-27-26-23(8-7-22(25)31)29(24)14-18-5-3-11-32-18/h3-6,11-13H,7-10,14-15H2,1-2H3,(H2,25,31). The van der Waals surface area contributed by atoms with Gasteiger partial charge in [0.1, 0.15) is 11.6 Å². The van der Waals surface area contributed by atoms with Crippen molar-refractivity contribution in [3.63, 3.8) is 0 Å². The zero-order chi connectivity index (χ0) is 24.1. The molecule has 0 spiro atoms. The van der Waals surface area contributed by atoms with Gasteiger partial charge in [0, 0.05) is 41.2 Å². The SMILES string of the molecule is Cc1cc(C(=O)CSc2nnc(CCC(N)=O)n2Cc2ccco2)c(C)n1CCc1cccs1. The normalized spacial score (nSPS) is 11.2. The molecule has 4 aromatic heterocycles. The van der Waals surface area contributed by atoms with Gasteiger partial charge in [-0.05, 0) is 49.9 Å². The molecule has 0 atom stereocenters. The molecule has 0 aliphatic rings. The van der Waals surface area contributed by atoms with Crippen LogP contribution < -0.4 is 5.73 Å². The van der Waals surface area contributed by atoms with E-state index in [9.17, 15) is 9.59 Å². The highest BCUT2D eigenvalue weighted by Crippen LogP contribution is 2.24. The van der Waals surface area contributed by atoms with E-state index < -0.39 is 5.91 Å². The van der Waals surface area contributed by atoms with Crippen LogP contribution in [0.3, 0.4) is 0 Å². The minimum absolute atomic E-state index is 0.0479. The molecule has 0 aliphatic carbocycles. The summed E-state index contributed by atoms with van der Waals surface area (Å²) in [4.78, 5) is 25.7. The number of rotatable bonds is 12. The predicted octanol–water partition coefficient (Wildman–Crippen LogP) is 4.03. The fourth-order valence-electron chi connectivity index (χ4n) is 3.88. The van der Waals surface area contributed by atoms with Crippen molar-refractivity contribution < 1.29 is 14.0 Å². The number of thioether (sulfide) groups is 1. The van der Waals surface area contributed by atoms with E-state index >= 15 is 0 Å². The number of nitrogens with two attached hydrogens (primary N) is 1. The van der Waals surface area contributed by atoms with E-state index in [0.717, 1.165) is 35.7 Å². The molecule has 8 nitrogen and oxygen atoms in total. The Kier molecular flexibility index (Phi) is 7.69. The van der Waals surface area contributed by atoms with Crippen LogP contribution in [0.5, 0.6) is 0 Å². The summed E-state index contributed by atoms with van der Waals surface area (Å²) in [6.45, 7) is 5.30. The minimum Gasteiger partial charge on any atom is -0.467 e. The number of ketones is 1. The van der Waals surface area contributed by atoms with Crippen LogP contribution in [0.25, 0.3) is 0 Å². The van der Waals surface area contributed by atoms with Crippen LogP contribution in [0.15, 0.2) is 51.5 Å². The summed E-state index contributed by atoms with van der Waals surface area (Å²) in [7, 11) is 0. The monoisotopic (exact) mass is 497 g/mol. The summed E-state index contributed by atoms with van der Waals surface area (Å²) in [6, 6.07) is 9.85. The molecule has 10 heteroatoms. The van der Waals surface area contributed by atoms with Crippen LogP contribution in [-0.4, -0.2) is 36.8 Å². The number of hydrogen-bond donors (Lipinski definition) is 1. The molecule has 4 rings (SSSR count). The number of thiophene rings is 1. The molecule has 0 saturated heterocycles. The van der Waals surface area contributed by atoms with Crippen LogP contribution in [-0.2, 0) is 30.7 Å². The first kappa shape index (κ1) is 24.0. The van der Waals surface area contributed by atoms with Gasteiger partial charge in [0.25, 0.3) is 0 Å². The van der Waals surface area contributed by atoms with Crippen molar-refractivity contribution in [2.24, 2.45) is 5.73 Å². The number of aryl methyl sites for hydroxylation is 3. The highest BCUT2D eigenvalue weighted by atomic mass is 32.2. The van der Waals surface area contributed by atoms with Crippen molar-refractivity contribution in [2.45, 2.75) is 51.4 Å². The molecule has 0 aliphatic heterocycles. The summed E-state index contributed by atoms with van der Waals surface area (Å²) in [6.07, 6.45) is 3.11. The Morgan fingerprint density at radius 3 is 2.71 bits per heavy atom. The molecule has 34 heavy (non-hydrogen) atoms. The quantitative estimate of drug-likeness (QED) is 0.234. The number of amides is 1. The zero-order valence-corrected chi connectivity index (χ0v) is 20.8. The van der Waals surface area contributed by atoms with Gasteiger partial charge in [-0.1, -0.05) is 17.8 Å². The van der Waals surface area contributed by atoms with Crippen molar-refractivity contribution in [1.82, 2.24) is 19.3 Å². The molecule has 1 amide bonds. The largest absolute Gasteiger partial charge is 0.467 e. The van der Waals surface area contributed by atoms with Crippen LogP contribution in [0, 0.1) is 13.8 Å². The minimum atomic E-state index is -0.397. The summed E-state index contributed by atoms with van der Waals surface area (Å²) < 4.78 is 9.56. The molecule has 4 aromatic rings. The molecular weight excluding hydrogens is 470 g/mol. The number of carbonyl (C=O) groups is 2. The summed E-state index contributed by atoms with van der Waals surface area (Å²) in [5.41, 5.74) is 8.11. The van der Waals surface area contributed by atoms with Crippen molar-refractivity contribution in [2.75, 3.05) is 5.75 Å². The van der Waals surface area contributed by atoms with E-state index in [2.05, 4.69) is 32.3 Å². The van der Waals surface area contributed by atoms with Crippen LogP contribution in [0.1, 0.15) is 44.6 Å². The van der Waals surface area contributed by atoms with E-state index in [1.165, 1.54) is 16.6 Å². The lowest BCUT2D eigenvalue weighted by Gasteiger charge is -2.09. The average molecular weight is 498 g/mol. The molecule has 4 heterocycles. The maximum Gasteiger partial charge on any atom is 0.217 e. The number of hydrogen-bond acceptors (Lipinski definition) is 7. The second-order valence-electron chi connectivity index (χ2n) is 8.01. The second-order valence-corrected chi connectivity index (χ2v) is 9.98. The lowest BCUT2D eigenvalue weighted by atomic mass is 10.2. The maximum absolute atomic E-state index is 13.1. The van der Waals surface area contributed by atoms with Crippen molar-refractivity contribution in [1.29, 1.82) is 0 Å². The Bertz CT molecular complexity index is 1260. The van der Waals surface area contributed by atoms with Crippen molar-refractivity contribution in [3.8, 4) is 0 Å². The molecule has 178 valence electrons. The molecule has 0 radical (unpaired) electrons. The highest BCUT2D eigenvalue weighted by Gasteiger charge is 2.19. The van der Waals surface area contributed by atoms with Gasteiger partial charge in [0.15, 0.2) is 10.9 Å². The highest BCUT2D eigenvalue weighted by molar-refractivity contribution is 7.99. The predicted molar refractivity (Wildman–Crippen MR) is 132 cm³/mol. The first-order valence-corrected chi connectivity index (χ1v) is 12.9. The Balaban J connectivity index is 1.46. The average Bonchev–Trinajstić information content (AvgIpc) is 3.60. The topological polar surface area (TPSA) is 109 Å². The first-order chi connectivity index (χ1) is 16.4. The first-order valence-electron chi connectivity index (χ1n) is 11.0. The van der Waals surface area contributed by atoms with E-state index in [-0.39, 0.29) is 18.0 Å². The number of nitrogens with zero attached hydrogens (tertiary/aromatic N) is 4. The number of carbonyl (C=O) groups excluding carboxylic acids is 2. The fraction of sp³-hybridized carbons (Fsp3) is 0.333. The maximum atomic E-state index is 13.1. The molecular formula is C24H27N5O3S2. The van der Waals surface area contributed by atoms with E-state index in [4.69, 9.17) is 10.2 Å². The molecule has 0 bridgehead atoms. The third-order valence-electron chi connectivity index (χ3n) is 5.65. The Morgan fingerprint density at radius 2 is 2.00 bits per heavy atom. The molecule has 0 fully saturated rings. The Morgan fingerprint density at radius 1 is 1.15 bits per heavy atom. The second kappa shape index (κ2) is 10.9. The van der Waals surface area contributed by atoms with Crippen LogP contribution >= 0.6 is 23.1 Å². The summed E-state index contributed by atoms with van der Waals surface area (Å²) >= 11 is 3.09. The summed E-state index contributed by atoms with van der Waals surface area (Å²) in [5.74, 6) is 1.26. The van der Waals surface area contributed by atoms with Crippen molar-refractivity contribution >= 4 is 34.8 Å². The van der Waals surface area contributed by atoms with Gasteiger partial charge in [-0.2, -0.15) is 0 Å². The number of aromatic nitrogens is 4. The van der Waals surface area contributed by atoms with Crippen LogP contribution in [0.4, 0.5) is 0 Å². The Labute approximate surface area is 206 Å². The van der Waals surface area contributed by atoms with E-state index in [0.29, 0.717) is 23.9 Å². The Hall–Kier alpha value is -3.11. The van der Waals surface area contributed by atoms with E-state index in [1.54, 1.807) is 17.6 Å². The van der Waals surface area contributed by atoms with Gasteiger partial charge in [-0.15, -0.1) is 21.5 Å². The fourth-order valence-corrected chi connectivity index (χ4v) is 5.41. The van der Waals surface area contributed by atoms with Gasteiger partial charge in [0.2, 0.25) is 5.91 Å². The zero-order valence-electron chi connectivity index (χ0n) is 19.2. The lowest BCUT2D eigenvalue weighted by molar-refractivity contribution is -0.118. The third kappa shape index (κ3) is 5.68. The lowest BCUT2D eigenvalue weighted by Crippen LogP contribution is -2.14. The third-order valence-corrected chi connectivity index (χ3v) is 7.55. The molecule has 2 N–H and O–H groups in total. The van der Waals surface area contributed by atoms with Gasteiger partial charge in [0.05, 0.1) is 18.6 Å². The summed E-state index contributed by atoms with van der Waals surface area (Å²) in [5, 5.41) is 11.2.